The van der Waals surface area contributed by atoms with Crippen LogP contribution in [0.5, 0.6) is 0 Å². The van der Waals surface area contributed by atoms with Gasteiger partial charge in [-0.15, -0.1) is 0 Å². The molecule has 1 aliphatic rings. The highest BCUT2D eigenvalue weighted by Gasteiger charge is 2.30. The Morgan fingerprint density at radius 2 is 2.17 bits per heavy atom. The second kappa shape index (κ2) is 6.03. The smallest absolute Gasteiger partial charge is 0.330 e. The highest BCUT2D eigenvalue weighted by Crippen LogP contribution is 2.41. The van der Waals surface area contributed by atoms with Gasteiger partial charge in [0.15, 0.2) is 0 Å². The average molecular weight is 248 g/mol. The number of hydrogen-bond acceptors (Lipinski definition) is 2. The Labute approximate surface area is 110 Å². The second-order valence-electron chi connectivity index (χ2n) is 5.72. The second-order valence-corrected chi connectivity index (χ2v) is 5.72. The quantitative estimate of drug-likeness (QED) is 0.326. The first-order valence-electron chi connectivity index (χ1n) is 6.48. The average Bonchev–Trinajstić information content (AvgIpc) is 2.27. The first-order chi connectivity index (χ1) is 8.36. The summed E-state index contributed by atoms with van der Waals surface area (Å²) in [5.41, 5.74) is 2.64. The van der Waals surface area contributed by atoms with E-state index in [1.807, 2.05) is 13.0 Å². The first kappa shape index (κ1) is 14.7. The van der Waals surface area contributed by atoms with Crippen LogP contribution >= 0.6 is 0 Å². The van der Waals surface area contributed by atoms with Crippen molar-refractivity contribution in [2.45, 2.75) is 40.5 Å². The van der Waals surface area contributed by atoms with Gasteiger partial charge in [0.05, 0.1) is 7.11 Å². The molecule has 2 nitrogen and oxygen atoms in total. The lowest BCUT2D eigenvalue weighted by molar-refractivity contribution is -0.134. The van der Waals surface area contributed by atoms with E-state index in [-0.39, 0.29) is 5.97 Å². The van der Waals surface area contributed by atoms with E-state index in [9.17, 15) is 4.79 Å². The van der Waals surface area contributed by atoms with E-state index in [2.05, 4.69) is 37.7 Å². The summed E-state index contributed by atoms with van der Waals surface area (Å²) in [4.78, 5) is 11.1. The van der Waals surface area contributed by atoms with Crippen LogP contribution in [0.2, 0.25) is 0 Å². The number of ether oxygens (including phenoxy) is 1. The first-order valence-corrected chi connectivity index (χ1v) is 6.48. The molecule has 18 heavy (non-hydrogen) atoms. The summed E-state index contributed by atoms with van der Waals surface area (Å²) in [5, 5.41) is 0. The van der Waals surface area contributed by atoms with Crippen LogP contribution in [0, 0.1) is 11.3 Å². The Hall–Kier alpha value is -1.31. The van der Waals surface area contributed by atoms with E-state index in [0.29, 0.717) is 11.3 Å². The third-order valence-electron chi connectivity index (χ3n) is 3.69. The van der Waals surface area contributed by atoms with Crippen molar-refractivity contribution in [2.24, 2.45) is 11.3 Å². The van der Waals surface area contributed by atoms with Crippen molar-refractivity contribution < 1.29 is 9.53 Å². The van der Waals surface area contributed by atoms with Gasteiger partial charge < -0.3 is 4.74 Å². The summed E-state index contributed by atoms with van der Waals surface area (Å²) in [6.45, 7) is 8.72. The van der Waals surface area contributed by atoms with Gasteiger partial charge in [-0.05, 0) is 37.7 Å². The molecule has 1 atom stereocenters. The number of methoxy groups -OCH3 is 1. The topological polar surface area (TPSA) is 26.3 Å². The lowest BCUT2D eigenvalue weighted by atomic mass is 9.68. The van der Waals surface area contributed by atoms with Gasteiger partial charge in [-0.25, -0.2) is 4.79 Å². The van der Waals surface area contributed by atoms with Crippen LogP contribution in [0.3, 0.4) is 0 Å². The molecule has 0 radical (unpaired) electrons. The van der Waals surface area contributed by atoms with E-state index < -0.39 is 0 Å². The maximum Gasteiger partial charge on any atom is 0.330 e. The van der Waals surface area contributed by atoms with Crippen molar-refractivity contribution >= 4 is 5.97 Å². The Kier molecular flexibility index (Phi) is 4.94. The van der Waals surface area contributed by atoms with Crippen LogP contribution in [0.25, 0.3) is 0 Å². The van der Waals surface area contributed by atoms with Crippen LogP contribution < -0.4 is 0 Å². The van der Waals surface area contributed by atoms with E-state index in [4.69, 9.17) is 0 Å². The van der Waals surface area contributed by atoms with Crippen LogP contribution in [-0.4, -0.2) is 13.1 Å². The van der Waals surface area contributed by atoms with Crippen molar-refractivity contribution in [3.63, 3.8) is 0 Å². The Bertz CT molecular complexity index is 397. The maximum absolute atomic E-state index is 11.1. The van der Waals surface area contributed by atoms with Gasteiger partial charge in [0.1, 0.15) is 0 Å². The molecule has 2 heteroatoms. The number of esters is 1. The van der Waals surface area contributed by atoms with Crippen LogP contribution in [0.1, 0.15) is 40.5 Å². The van der Waals surface area contributed by atoms with Crippen molar-refractivity contribution in [3.8, 4) is 0 Å². The van der Waals surface area contributed by atoms with Crippen LogP contribution in [0.15, 0.2) is 35.5 Å². The minimum atomic E-state index is -0.299. The zero-order chi connectivity index (χ0) is 13.8. The molecular weight excluding hydrogens is 224 g/mol. The summed E-state index contributed by atoms with van der Waals surface area (Å²) >= 11 is 0. The summed E-state index contributed by atoms with van der Waals surface area (Å²) in [5.74, 6) is 0.152. The molecule has 0 amide bonds. The fourth-order valence-electron chi connectivity index (χ4n) is 2.52. The zero-order valence-electron chi connectivity index (χ0n) is 12.1. The molecule has 1 aliphatic carbocycles. The van der Waals surface area contributed by atoms with Gasteiger partial charge in [0, 0.05) is 12.0 Å². The number of carbonyl (C=O) groups excluding carboxylic acids is 1. The largest absolute Gasteiger partial charge is 0.466 e. The highest BCUT2D eigenvalue weighted by molar-refractivity contribution is 5.83. The summed E-state index contributed by atoms with van der Waals surface area (Å²) in [7, 11) is 1.40. The van der Waals surface area contributed by atoms with E-state index in [1.165, 1.54) is 31.6 Å². The van der Waals surface area contributed by atoms with E-state index in [0.717, 1.165) is 5.57 Å². The molecule has 0 N–H and O–H groups in total. The fraction of sp³-hybridized carbons (Fsp3) is 0.562. The van der Waals surface area contributed by atoms with E-state index in [1.54, 1.807) is 0 Å². The molecule has 0 fully saturated rings. The summed E-state index contributed by atoms with van der Waals surface area (Å²) < 4.78 is 4.61. The molecule has 0 aromatic heterocycles. The molecule has 1 rings (SSSR count). The fourth-order valence-corrected chi connectivity index (χ4v) is 2.52. The predicted molar refractivity (Wildman–Crippen MR) is 75.2 cm³/mol. The Balaban J connectivity index is 2.82. The maximum atomic E-state index is 11.1. The van der Waals surface area contributed by atoms with Gasteiger partial charge in [0.25, 0.3) is 0 Å². The van der Waals surface area contributed by atoms with Crippen molar-refractivity contribution in [1.82, 2.24) is 0 Å². The van der Waals surface area contributed by atoms with Crippen LogP contribution in [-0.2, 0) is 9.53 Å². The minimum absolute atomic E-state index is 0.293. The number of rotatable bonds is 3. The van der Waals surface area contributed by atoms with E-state index >= 15 is 0 Å². The SMILES string of the molecule is COC(=O)/C=C(C)\C=C\C1C(C)=CCCC1(C)C. The lowest BCUT2D eigenvalue weighted by Crippen LogP contribution is -2.26. The zero-order valence-corrected chi connectivity index (χ0v) is 12.1. The molecule has 1 unspecified atom stereocenters. The molecule has 0 saturated heterocycles. The number of allylic oxidation sites excluding steroid dienone is 5. The predicted octanol–water partition coefficient (Wildman–Crippen LogP) is 4.04. The van der Waals surface area contributed by atoms with Gasteiger partial charge in [-0.2, -0.15) is 0 Å². The van der Waals surface area contributed by atoms with Crippen molar-refractivity contribution in [3.05, 3.63) is 35.5 Å². The molecule has 0 bridgehead atoms. The molecule has 0 spiro atoms. The van der Waals surface area contributed by atoms with Gasteiger partial charge >= 0.3 is 5.97 Å². The standard InChI is InChI=1S/C16H24O2/c1-12(11-15(17)18-5)8-9-14-13(2)7-6-10-16(14,3)4/h7-9,11,14H,6,10H2,1-5H3/b9-8+,12-11-. The molecule has 0 saturated carbocycles. The molecule has 0 heterocycles. The molecule has 0 aromatic rings. The molecule has 0 aromatic carbocycles. The molecule has 100 valence electrons. The Morgan fingerprint density at radius 3 is 2.72 bits per heavy atom. The summed E-state index contributed by atoms with van der Waals surface area (Å²) in [6.07, 6.45) is 10.4. The van der Waals surface area contributed by atoms with Crippen molar-refractivity contribution in [2.75, 3.05) is 7.11 Å². The lowest BCUT2D eigenvalue weighted by Gasteiger charge is -2.36. The highest BCUT2D eigenvalue weighted by atomic mass is 16.5. The summed E-state index contributed by atoms with van der Waals surface area (Å²) in [6, 6.07) is 0. The number of hydrogen-bond donors (Lipinski definition) is 0. The Morgan fingerprint density at radius 1 is 1.50 bits per heavy atom. The number of carbonyl (C=O) groups is 1. The third-order valence-corrected chi connectivity index (χ3v) is 3.69. The molecular formula is C16H24O2. The normalized spacial score (nSPS) is 23.9. The van der Waals surface area contributed by atoms with Gasteiger partial charge in [-0.3, -0.25) is 0 Å². The van der Waals surface area contributed by atoms with Gasteiger partial charge in [0.2, 0.25) is 0 Å². The minimum Gasteiger partial charge on any atom is -0.466 e. The monoisotopic (exact) mass is 248 g/mol. The van der Waals surface area contributed by atoms with Crippen LogP contribution in [0.4, 0.5) is 0 Å². The van der Waals surface area contributed by atoms with Crippen molar-refractivity contribution in [1.29, 1.82) is 0 Å². The van der Waals surface area contributed by atoms with Gasteiger partial charge in [-0.1, -0.05) is 37.6 Å². The third kappa shape index (κ3) is 3.86. The molecule has 0 aliphatic heterocycles.